The molecule has 3 aromatic rings. The molecule has 204 valence electrons. The summed E-state index contributed by atoms with van der Waals surface area (Å²) in [6, 6.07) is 17.4. The number of hydrogen-bond donors (Lipinski definition) is 1. The first-order chi connectivity index (χ1) is 18.9. The van der Waals surface area contributed by atoms with Gasteiger partial charge in [-0.05, 0) is 20.8 Å². The van der Waals surface area contributed by atoms with E-state index in [1.165, 1.54) is 26.8 Å². The molecule has 0 radical (unpaired) electrons. The van der Waals surface area contributed by atoms with E-state index in [2.05, 4.69) is 4.98 Å². The van der Waals surface area contributed by atoms with Crippen molar-refractivity contribution in [3.8, 4) is 11.6 Å². The maximum absolute atomic E-state index is 13.3. The third-order valence-corrected chi connectivity index (χ3v) is 6.23. The highest BCUT2D eigenvalue weighted by Gasteiger charge is 2.51. The number of Topliss-reactive ketones (excluding diaryl/α,β-unsaturated/α-hetero) is 1. The molecule has 5 rings (SSSR count). The zero-order chi connectivity index (χ0) is 28.8. The third kappa shape index (κ3) is 4.55. The van der Waals surface area contributed by atoms with Crippen LogP contribution in [-0.2, 0) is 24.9 Å². The first-order valence-corrected chi connectivity index (χ1v) is 12.3. The number of carboxylic acids is 1. The summed E-state index contributed by atoms with van der Waals surface area (Å²) in [6.45, 7) is 4.61. The summed E-state index contributed by atoms with van der Waals surface area (Å²) in [5.41, 5.74) is -0.323. The van der Waals surface area contributed by atoms with E-state index >= 15 is 0 Å². The standard InChI is InChI=1S/C29H24N2O9/c1-28(2,3)40-27(37)20(32)15-19(26(35)36)31-24(33)18-14-21-23(30-22(18)25(31)34)39-29(38-21,16-10-6-4-7-11-16)17-12-8-5-9-13-17/h4-14,19H,15H2,1-3H3,(H,35,36)/t19-/m0/s1. The van der Waals surface area contributed by atoms with Gasteiger partial charge in [0.05, 0.1) is 5.56 Å². The highest BCUT2D eigenvalue weighted by molar-refractivity contribution is 6.34. The molecule has 3 heterocycles. The number of carbonyl (C=O) groups is 5. The number of benzene rings is 2. The van der Waals surface area contributed by atoms with E-state index in [0.717, 1.165) is 0 Å². The summed E-state index contributed by atoms with van der Waals surface area (Å²) in [6.07, 6.45) is -0.965. The van der Waals surface area contributed by atoms with Crippen molar-refractivity contribution in [2.24, 2.45) is 0 Å². The summed E-state index contributed by atoms with van der Waals surface area (Å²) in [5, 5.41) is 9.78. The minimum atomic E-state index is -1.96. The highest BCUT2D eigenvalue weighted by atomic mass is 16.7. The minimum absolute atomic E-state index is 0.0613. The molecule has 0 saturated carbocycles. The molecule has 11 heteroatoms. The van der Waals surface area contributed by atoms with E-state index in [0.29, 0.717) is 16.0 Å². The van der Waals surface area contributed by atoms with Gasteiger partial charge in [-0.25, -0.2) is 14.6 Å². The van der Waals surface area contributed by atoms with Crippen LogP contribution in [0, 0.1) is 0 Å². The Morgan fingerprint density at radius 1 is 0.950 bits per heavy atom. The normalized spacial score (nSPS) is 15.9. The third-order valence-electron chi connectivity index (χ3n) is 6.23. The molecule has 0 spiro atoms. The van der Waals surface area contributed by atoms with Crippen molar-refractivity contribution in [2.75, 3.05) is 0 Å². The number of hydrogen-bond acceptors (Lipinski definition) is 9. The number of nitrogens with zero attached hydrogens (tertiary/aromatic N) is 2. The molecule has 0 unspecified atom stereocenters. The van der Waals surface area contributed by atoms with E-state index < -0.39 is 53.4 Å². The number of aliphatic carboxylic acids is 1. The van der Waals surface area contributed by atoms with Crippen LogP contribution in [0.4, 0.5) is 0 Å². The Kier molecular flexibility index (Phi) is 6.37. The maximum atomic E-state index is 13.3. The van der Waals surface area contributed by atoms with E-state index in [4.69, 9.17) is 14.2 Å². The Balaban J connectivity index is 1.47. The van der Waals surface area contributed by atoms with Gasteiger partial charge < -0.3 is 19.3 Å². The molecule has 0 fully saturated rings. The zero-order valence-electron chi connectivity index (χ0n) is 21.7. The second-order valence-electron chi connectivity index (χ2n) is 10.2. The number of carbonyl (C=O) groups excluding carboxylic acids is 4. The van der Waals surface area contributed by atoms with Crippen LogP contribution in [0.2, 0.25) is 0 Å². The van der Waals surface area contributed by atoms with Gasteiger partial charge in [-0.2, -0.15) is 0 Å². The van der Waals surface area contributed by atoms with Gasteiger partial charge in [0, 0.05) is 23.6 Å². The monoisotopic (exact) mass is 544 g/mol. The molecule has 2 aliphatic rings. The molecule has 2 aromatic carbocycles. The van der Waals surface area contributed by atoms with E-state index in [1.807, 2.05) is 12.1 Å². The average Bonchev–Trinajstić information content (AvgIpc) is 3.41. The fourth-order valence-corrected chi connectivity index (χ4v) is 4.48. The molecular formula is C29H24N2O9. The minimum Gasteiger partial charge on any atom is -0.480 e. The molecule has 11 nitrogen and oxygen atoms in total. The number of fused-ring (bicyclic) bond motifs is 2. The SMILES string of the molecule is CC(C)(C)OC(=O)C(=O)C[C@@H](C(=O)O)N1C(=O)c2cc3c(nc2C1=O)OC(c1ccccc1)(c1ccccc1)O3. The molecule has 40 heavy (non-hydrogen) atoms. The van der Waals surface area contributed by atoms with E-state index in [9.17, 15) is 29.1 Å². The van der Waals surface area contributed by atoms with Gasteiger partial charge in [0.1, 0.15) is 17.3 Å². The van der Waals surface area contributed by atoms with Gasteiger partial charge in [-0.15, -0.1) is 0 Å². The Hall–Kier alpha value is -5.06. The summed E-state index contributed by atoms with van der Waals surface area (Å²) < 4.78 is 17.5. The molecule has 2 amide bonds. The topological polar surface area (TPSA) is 149 Å². The summed E-state index contributed by atoms with van der Waals surface area (Å²) >= 11 is 0. The Morgan fingerprint density at radius 2 is 1.52 bits per heavy atom. The van der Waals surface area contributed by atoms with E-state index in [1.54, 1.807) is 48.5 Å². The van der Waals surface area contributed by atoms with Gasteiger partial charge in [0.15, 0.2) is 5.75 Å². The maximum Gasteiger partial charge on any atom is 0.375 e. The van der Waals surface area contributed by atoms with Gasteiger partial charge in [0.25, 0.3) is 17.7 Å². The number of ether oxygens (including phenoxy) is 3. The highest BCUT2D eigenvalue weighted by Crippen LogP contribution is 2.48. The van der Waals surface area contributed by atoms with Crippen LogP contribution in [0.15, 0.2) is 66.7 Å². The van der Waals surface area contributed by atoms with Gasteiger partial charge in [-0.3, -0.25) is 19.3 Å². The average molecular weight is 545 g/mol. The molecule has 0 bridgehead atoms. The van der Waals surface area contributed by atoms with Crippen LogP contribution in [0.3, 0.4) is 0 Å². The van der Waals surface area contributed by atoms with Crippen molar-refractivity contribution in [3.63, 3.8) is 0 Å². The zero-order valence-corrected chi connectivity index (χ0v) is 21.7. The molecule has 0 saturated heterocycles. The lowest BCUT2D eigenvalue weighted by Gasteiger charge is -2.28. The molecule has 1 N–H and O–H groups in total. The first kappa shape index (κ1) is 26.5. The van der Waals surface area contributed by atoms with Crippen molar-refractivity contribution in [1.29, 1.82) is 0 Å². The van der Waals surface area contributed by atoms with Crippen LogP contribution >= 0.6 is 0 Å². The lowest BCUT2D eigenvalue weighted by atomic mass is 9.97. The first-order valence-electron chi connectivity index (χ1n) is 12.3. The lowest BCUT2D eigenvalue weighted by molar-refractivity contribution is -0.163. The van der Waals surface area contributed by atoms with Crippen LogP contribution in [-0.4, -0.2) is 56.2 Å². The van der Waals surface area contributed by atoms with Crippen molar-refractivity contribution in [1.82, 2.24) is 9.88 Å². The van der Waals surface area contributed by atoms with Crippen LogP contribution in [0.25, 0.3) is 0 Å². The van der Waals surface area contributed by atoms with Gasteiger partial charge >= 0.3 is 17.7 Å². The summed E-state index contributed by atoms with van der Waals surface area (Å²) in [4.78, 5) is 67.9. The second kappa shape index (κ2) is 9.60. The van der Waals surface area contributed by atoms with E-state index in [-0.39, 0.29) is 22.9 Å². The van der Waals surface area contributed by atoms with Gasteiger partial charge in [0.2, 0.25) is 5.78 Å². The predicted octanol–water partition coefficient (Wildman–Crippen LogP) is 3.10. The molecule has 0 aliphatic carbocycles. The molecular weight excluding hydrogens is 520 g/mol. The van der Waals surface area contributed by atoms with Crippen molar-refractivity contribution in [2.45, 2.75) is 44.6 Å². The number of pyridine rings is 1. The molecule has 1 atom stereocenters. The summed E-state index contributed by atoms with van der Waals surface area (Å²) in [7, 11) is 0. The van der Waals surface area contributed by atoms with Crippen LogP contribution < -0.4 is 9.47 Å². The second-order valence-corrected chi connectivity index (χ2v) is 10.2. The number of rotatable bonds is 7. The fourth-order valence-electron chi connectivity index (χ4n) is 4.48. The molecule has 2 aliphatic heterocycles. The smallest absolute Gasteiger partial charge is 0.375 e. The van der Waals surface area contributed by atoms with Crippen molar-refractivity contribution < 1.29 is 43.3 Å². The van der Waals surface area contributed by atoms with Crippen molar-refractivity contribution >= 4 is 29.5 Å². The number of amides is 2. The van der Waals surface area contributed by atoms with Crippen LogP contribution in [0.1, 0.15) is 59.2 Å². The summed E-state index contributed by atoms with van der Waals surface area (Å²) in [5.74, 6) is -7.64. The lowest BCUT2D eigenvalue weighted by Crippen LogP contribution is -2.47. The largest absolute Gasteiger partial charge is 0.480 e. The number of aromatic nitrogens is 1. The quantitative estimate of drug-likeness (QED) is 0.267. The van der Waals surface area contributed by atoms with Crippen LogP contribution in [0.5, 0.6) is 11.6 Å². The van der Waals surface area contributed by atoms with Crippen molar-refractivity contribution in [3.05, 3.63) is 89.1 Å². The number of esters is 1. The Bertz CT molecular complexity index is 1460. The fraction of sp³-hybridized carbons (Fsp3) is 0.241. The predicted molar refractivity (Wildman–Crippen MR) is 137 cm³/mol. The Morgan fingerprint density at radius 3 is 2.05 bits per heavy atom. The number of imide groups is 1. The molecule has 1 aromatic heterocycles. The van der Waals surface area contributed by atoms with Gasteiger partial charge in [-0.1, -0.05) is 60.7 Å². The Labute approximate surface area is 228 Å². The number of carboxylic acid groups (broad SMARTS) is 1. The number of ketones is 1.